The highest BCUT2D eigenvalue weighted by Crippen LogP contribution is 2.38. The predicted molar refractivity (Wildman–Crippen MR) is 150 cm³/mol. The average Bonchev–Trinajstić information content (AvgIpc) is 3.48. The number of carbonyl (C=O) groups excluding carboxylic acids is 1. The Morgan fingerprint density at radius 3 is 2.49 bits per heavy atom. The van der Waals surface area contributed by atoms with E-state index in [0.29, 0.717) is 25.0 Å². The second kappa shape index (κ2) is 11.0. The summed E-state index contributed by atoms with van der Waals surface area (Å²) < 4.78 is 5.34. The van der Waals surface area contributed by atoms with Gasteiger partial charge < -0.3 is 14.6 Å². The summed E-state index contributed by atoms with van der Waals surface area (Å²) in [6.45, 7) is 12.7. The fraction of sp³-hybridized carbons (Fsp3) is 0.548. The minimum atomic E-state index is 0.253. The van der Waals surface area contributed by atoms with Gasteiger partial charge in [0.2, 0.25) is 5.91 Å². The fourth-order valence-electron chi connectivity index (χ4n) is 6.53. The highest BCUT2D eigenvalue weighted by atomic mass is 16.5. The van der Waals surface area contributed by atoms with Crippen molar-refractivity contribution >= 4 is 16.8 Å². The van der Waals surface area contributed by atoms with E-state index in [9.17, 15) is 4.79 Å². The third-order valence-corrected chi connectivity index (χ3v) is 8.28. The molecule has 6 heteroatoms. The van der Waals surface area contributed by atoms with Crippen molar-refractivity contribution in [1.82, 2.24) is 19.8 Å². The van der Waals surface area contributed by atoms with E-state index < -0.39 is 0 Å². The highest BCUT2D eigenvalue weighted by molar-refractivity contribution is 5.92. The highest BCUT2D eigenvalue weighted by Gasteiger charge is 2.31. The molecule has 1 atom stereocenters. The smallest absolute Gasteiger partial charge is 0.237 e. The summed E-state index contributed by atoms with van der Waals surface area (Å²) in [7, 11) is 1.72. The number of pyridine rings is 1. The van der Waals surface area contributed by atoms with Gasteiger partial charge >= 0.3 is 0 Å². The molecule has 0 saturated carbocycles. The number of hydrogen-bond acceptors (Lipinski definition) is 4. The monoisotopic (exact) mass is 502 g/mol. The van der Waals surface area contributed by atoms with Crippen LogP contribution < -0.4 is 0 Å². The first-order valence-corrected chi connectivity index (χ1v) is 14.0. The molecule has 2 aliphatic rings. The van der Waals surface area contributed by atoms with E-state index in [0.717, 1.165) is 56.7 Å². The first kappa shape index (κ1) is 25.9. The number of likely N-dealkylation sites (tertiary alicyclic amines) is 2. The van der Waals surface area contributed by atoms with Gasteiger partial charge in [-0.15, -0.1) is 0 Å². The third kappa shape index (κ3) is 5.46. The molecule has 198 valence electrons. The van der Waals surface area contributed by atoms with Crippen LogP contribution >= 0.6 is 0 Å². The number of H-pyrrole nitrogens is 1. The van der Waals surface area contributed by atoms with Crippen LogP contribution in [0.3, 0.4) is 0 Å². The molecule has 1 unspecified atom stereocenters. The van der Waals surface area contributed by atoms with E-state index in [1.807, 2.05) is 4.90 Å². The topological polar surface area (TPSA) is 61.5 Å². The predicted octanol–water partition coefficient (Wildman–Crippen LogP) is 5.79. The van der Waals surface area contributed by atoms with Gasteiger partial charge in [0.15, 0.2) is 0 Å². The number of nitrogens with zero attached hydrogens (tertiary/aromatic N) is 3. The van der Waals surface area contributed by atoms with Gasteiger partial charge in [0.25, 0.3) is 0 Å². The van der Waals surface area contributed by atoms with Gasteiger partial charge in [0.1, 0.15) is 0 Å². The van der Waals surface area contributed by atoms with Gasteiger partial charge in [-0.3, -0.25) is 14.7 Å². The van der Waals surface area contributed by atoms with Gasteiger partial charge in [-0.25, -0.2) is 0 Å². The van der Waals surface area contributed by atoms with E-state index >= 15 is 0 Å². The Bertz CT molecular complexity index is 1240. The van der Waals surface area contributed by atoms with Crippen LogP contribution in [0.5, 0.6) is 0 Å². The number of aromatic amines is 1. The van der Waals surface area contributed by atoms with Crippen LogP contribution in [-0.4, -0.2) is 71.6 Å². The number of nitrogens with one attached hydrogen (secondary N) is 1. The number of hydrogen-bond donors (Lipinski definition) is 1. The Morgan fingerprint density at radius 1 is 1.08 bits per heavy atom. The van der Waals surface area contributed by atoms with E-state index in [4.69, 9.17) is 4.74 Å². The van der Waals surface area contributed by atoms with Crippen LogP contribution in [0.1, 0.15) is 73.9 Å². The van der Waals surface area contributed by atoms with Crippen LogP contribution in [0.4, 0.5) is 0 Å². The van der Waals surface area contributed by atoms with Crippen molar-refractivity contribution in [1.29, 1.82) is 0 Å². The van der Waals surface area contributed by atoms with Crippen molar-refractivity contribution in [2.75, 3.05) is 39.9 Å². The molecule has 37 heavy (non-hydrogen) atoms. The molecule has 1 amide bonds. The number of piperidine rings is 1. The van der Waals surface area contributed by atoms with E-state index in [-0.39, 0.29) is 11.9 Å². The molecule has 1 N–H and O–H groups in total. The SMILES string of the molecule is COCC1CCCN1C(=O)CN1CCC(c2ccc3[nH]c(-c4cc(C)nc(C)c4)c(C(C)C)c3c2)CC1. The minimum absolute atomic E-state index is 0.253. The lowest BCUT2D eigenvalue weighted by atomic mass is 9.87. The molecule has 2 fully saturated rings. The normalized spacial score (nSPS) is 19.4. The van der Waals surface area contributed by atoms with Crippen molar-refractivity contribution in [3.63, 3.8) is 0 Å². The summed E-state index contributed by atoms with van der Waals surface area (Å²) in [5.41, 5.74) is 8.55. The number of ether oxygens (including phenoxy) is 1. The second-order valence-corrected chi connectivity index (χ2v) is 11.4. The van der Waals surface area contributed by atoms with Crippen molar-refractivity contribution in [2.24, 2.45) is 0 Å². The van der Waals surface area contributed by atoms with E-state index in [1.54, 1.807) is 7.11 Å². The lowest BCUT2D eigenvalue weighted by molar-refractivity contribution is -0.134. The van der Waals surface area contributed by atoms with Crippen LogP contribution in [0.15, 0.2) is 30.3 Å². The summed E-state index contributed by atoms with van der Waals surface area (Å²) in [5.74, 6) is 1.21. The zero-order chi connectivity index (χ0) is 26.1. The molecule has 6 nitrogen and oxygen atoms in total. The molecule has 4 heterocycles. The van der Waals surface area contributed by atoms with Gasteiger partial charge in [0, 0.05) is 41.5 Å². The van der Waals surface area contributed by atoms with Crippen molar-refractivity contribution in [3.05, 3.63) is 52.8 Å². The number of aromatic nitrogens is 2. The number of aryl methyl sites for hydroxylation is 2. The number of methoxy groups -OCH3 is 1. The van der Waals surface area contributed by atoms with Gasteiger partial charge in [-0.2, -0.15) is 0 Å². The first-order chi connectivity index (χ1) is 17.8. The molecule has 0 bridgehead atoms. The van der Waals surface area contributed by atoms with Crippen molar-refractivity contribution < 1.29 is 9.53 Å². The Hall–Kier alpha value is -2.70. The maximum Gasteiger partial charge on any atom is 0.237 e. The Labute approximate surface area is 221 Å². The second-order valence-electron chi connectivity index (χ2n) is 11.4. The van der Waals surface area contributed by atoms with Gasteiger partial charge in [-0.1, -0.05) is 19.9 Å². The first-order valence-electron chi connectivity index (χ1n) is 14.0. The molecule has 3 aromatic rings. The minimum Gasteiger partial charge on any atom is -0.383 e. The van der Waals surface area contributed by atoms with Crippen LogP contribution in [0.25, 0.3) is 22.2 Å². The standard InChI is InChI=1S/C31H42N4O2/c1-20(2)30-27-17-24(8-9-28(27)33-31(30)25-15-21(3)32-22(4)16-25)23-10-13-34(14-11-23)18-29(36)35-12-6-7-26(35)19-37-5/h8-9,15-17,20,23,26,33H,6-7,10-14,18-19H2,1-5H3. The molecular formula is C31H42N4O2. The largest absolute Gasteiger partial charge is 0.383 e. The molecular weight excluding hydrogens is 460 g/mol. The molecule has 0 spiro atoms. The van der Waals surface area contributed by atoms with Crippen LogP contribution in [0, 0.1) is 13.8 Å². The number of amides is 1. The number of carbonyl (C=O) groups is 1. The van der Waals surface area contributed by atoms with Crippen LogP contribution in [0.2, 0.25) is 0 Å². The van der Waals surface area contributed by atoms with Crippen LogP contribution in [-0.2, 0) is 9.53 Å². The number of fused-ring (bicyclic) bond motifs is 1. The fourth-order valence-corrected chi connectivity index (χ4v) is 6.53. The average molecular weight is 503 g/mol. The Balaban J connectivity index is 1.30. The summed E-state index contributed by atoms with van der Waals surface area (Å²) in [6.07, 6.45) is 4.34. The molecule has 2 aromatic heterocycles. The zero-order valence-corrected chi connectivity index (χ0v) is 23.1. The Morgan fingerprint density at radius 2 is 1.81 bits per heavy atom. The van der Waals surface area contributed by atoms with Gasteiger partial charge in [-0.05, 0) is 99.8 Å². The molecule has 2 saturated heterocycles. The molecule has 2 aliphatic heterocycles. The van der Waals surface area contributed by atoms with Crippen molar-refractivity contribution in [3.8, 4) is 11.3 Å². The third-order valence-electron chi connectivity index (χ3n) is 8.28. The maximum absolute atomic E-state index is 13.0. The molecule has 0 radical (unpaired) electrons. The summed E-state index contributed by atoms with van der Waals surface area (Å²) >= 11 is 0. The number of benzene rings is 1. The number of rotatable bonds is 7. The van der Waals surface area contributed by atoms with Gasteiger partial charge in [0.05, 0.1) is 24.9 Å². The summed E-state index contributed by atoms with van der Waals surface area (Å²) in [6, 6.07) is 11.6. The van der Waals surface area contributed by atoms with E-state index in [2.05, 4.69) is 72.9 Å². The Kier molecular flexibility index (Phi) is 7.68. The quantitative estimate of drug-likeness (QED) is 0.444. The molecule has 0 aliphatic carbocycles. The molecule has 5 rings (SSSR count). The zero-order valence-electron chi connectivity index (χ0n) is 23.1. The van der Waals surface area contributed by atoms with E-state index in [1.165, 1.54) is 33.3 Å². The lowest BCUT2D eigenvalue weighted by Gasteiger charge is -2.33. The van der Waals surface area contributed by atoms with Crippen molar-refractivity contribution in [2.45, 2.75) is 71.3 Å². The molecule has 1 aromatic carbocycles. The summed E-state index contributed by atoms with van der Waals surface area (Å²) in [4.78, 5) is 25.7. The summed E-state index contributed by atoms with van der Waals surface area (Å²) in [5, 5.41) is 1.34. The maximum atomic E-state index is 13.0. The lowest BCUT2D eigenvalue weighted by Crippen LogP contribution is -2.46.